The summed E-state index contributed by atoms with van der Waals surface area (Å²) in [5.74, 6) is 0.0892. The molecule has 0 unspecified atom stereocenters. The normalized spacial score (nSPS) is 16.6. The molecular weight excluding hydrogens is 470 g/mol. The van der Waals surface area contributed by atoms with Gasteiger partial charge in [0.15, 0.2) is 4.80 Å². The highest BCUT2D eigenvalue weighted by Gasteiger charge is 2.32. The average molecular weight is 494 g/mol. The van der Waals surface area contributed by atoms with E-state index in [4.69, 9.17) is 16.3 Å². The minimum atomic E-state index is -3.61. The van der Waals surface area contributed by atoms with Crippen molar-refractivity contribution in [2.24, 2.45) is 18.0 Å². The number of thiazole rings is 1. The number of amides is 1. The Labute approximate surface area is 196 Å². The van der Waals surface area contributed by atoms with Crippen LogP contribution in [0, 0.1) is 12.8 Å². The molecule has 0 bridgehead atoms. The van der Waals surface area contributed by atoms with Crippen LogP contribution in [0.2, 0.25) is 5.02 Å². The first kappa shape index (κ1) is 23.0. The topological polar surface area (TPSA) is 81.0 Å². The van der Waals surface area contributed by atoms with Gasteiger partial charge in [-0.05, 0) is 61.7 Å². The largest absolute Gasteiger partial charge is 0.497 e. The highest BCUT2D eigenvalue weighted by Crippen LogP contribution is 2.28. The van der Waals surface area contributed by atoms with Crippen molar-refractivity contribution < 1.29 is 17.9 Å². The van der Waals surface area contributed by atoms with Gasteiger partial charge < -0.3 is 9.30 Å². The van der Waals surface area contributed by atoms with Crippen LogP contribution in [-0.4, -0.2) is 43.4 Å². The summed E-state index contributed by atoms with van der Waals surface area (Å²) in [6, 6.07) is 10.1. The van der Waals surface area contributed by atoms with E-state index < -0.39 is 10.0 Å². The van der Waals surface area contributed by atoms with Crippen molar-refractivity contribution in [3.8, 4) is 5.75 Å². The Balaban J connectivity index is 1.50. The highest BCUT2D eigenvalue weighted by atomic mass is 35.5. The Morgan fingerprint density at radius 1 is 1.16 bits per heavy atom. The van der Waals surface area contributed by atoms with Crippen molar-refractivity contribution in [2.45, 2.75) is 24.7 Å². The van der Waals surface area contributed by atoms with Crippen LogP contribution in [0.4, 0.5) is 0 Å². The fraction of sp³-hybridized carbons (Fsp3) is 0.364. The molecule has 0 spiro atoms. The molecule has 0 N–H and O–H groups in total. The lowest BCUT2D eigenvalue weighted by Crippen LogP contribution is -2.40. The Morgan fingerprint density at radius 3 is 2.44 bits per heavy atom. The van der Waals surface area contributed by atoms with E-state index in [2.05, 4.69) is 4.99 Å². The number of aryl methyl sites for hydroxylation is 2. The first-order valence-corrected chi connectivity index (χ1v) is 12.8. The van der Waals surface area contributed by atoms with Crippen LogP contribution >= 0.6 is 22.9 Å². The molecule has 3 aromatic rings. The number of sulfonamides is 1. The molecule has 1 amide bonds. The second kappa shape index (κ2) is 8.97. The maximum atomic E-state index is 12.9. The van der Waals surface area contributed by atoms with Crippen LogP contribution in [0.25, 0.3) is 10.2 Å². The molecule has 0 radical (unpaired) electrons. The number of rotatable bonds is 4. The van der Waals surface area contributed by atoms with Crippen LogP contribution in [0.5, 0.6) is 5.75 Å². The fourth-order valence-electron chi connectivity index (χ4n) is 3.94. The Morgan fingerprint density at radius 2 is 1.81 bits per heavy atom. The average Bonchev–Trinajstić information content (AvgIpc) is 3.12. The van der Waals surface area contributed by atoms with E-state index >= 15 is 0 Å². The van der Waals surface area contributed by atoms with Gasteiger partial charge in [0.05, 0.1) is 22.2 Å². The number of halogens is 1. The summed E-state index contributed by atoms with van der Waals surface area (Å²) < 4.78 is 35.3. The zero-order chi connectivity index (χ0) is 23.0. The lowest BCUT2D eigenvalue weighted by molar-refractivity contribution is -0.122. The molecule has 170 valence electrons. The minimum absolute atomic E-state index is 0.211. The third-order valence-corrected chi connectivity index (χ3v) is 9.28. The second-order valence-electron chi connectivity index (χ2n) is 7.77. The summed E-state index contributed by atoms with van der Waals surface area (Å²) in [6.07, 6.45) is 0.883. The number of piperidine rings is 1. The first-order chi connectivity index (χ1) is 15.2. The van der Waals surface area contributed by atoms with Crippen molar-refractivity contribution in [1.82, 2.24) is 8.87 Å². The Kier molecular flexibility index (Phi) is 6.44. The number of hydrogen-bond donors (Lipinski definition) is 0. The highest BCUT2D eigenvalue weighted by molar-refractivity contribution is 7.89. The summed E-state index contributed by atoms with van der Waals surface area (Å²) in [5, 5.41) is 0.675. The monoisotopic (exact) mass is 493 g/mol. The van der Waals surface area contributed by atoms with Crippen LogP contribution < -0.4 is 9.54 Å². The SMILES string of the molecule is COc1ccc(S(=O)(=O)N2CCC(C(=O)N=c3sc4ccc(Cl)c(C)c4n3C)CC2)cc1. The van der Waals surface area contributed by atoms with Gasteiger partial charge in [0.1, 0.15) is 5.75 Å². The van der Waals surface area contributed by atoms with Gasteiger partial charge >= 0.3 is 0 Å². The molecule has 0 saturated carbocycles. The van der Waals surface area contributed by atoms with E-state index in [9.17, 15) is 13.2 Å². The first-order valence-electron chi connectivity index (χ1n) is 10.2. The molecular formula is C22H24ClN3O4S2. The molecule has 7 nitrogen and oxygen atoms in total. The molecule has 10 heteroatoms. The number of carbonyl (C=O) groups excluding carboxylic acids is 1. The van der Waals surface area contributed by atoms with Crippen LogP contribution in [0.3, 0.4) is 0 Å². The molecule has 1 fully saturated rings. The van der Waals surface area contributed by atoms with Crippen molar-refractivity contribution >= 4 is 49.1 Å². The summed E-state index contributed by atoms with van der Waals surface area (Å²) in [4.78, 5) is 18.1. The molecule has 2 aromatic carbocycles. The summed E-state index contributed by atoms with van der Waals surface area (Å²) in [5.41, 5.74) is 1.92. The van der Waals surface area contributed by atoms with E-state index in [1.807, 2.05) is 30.7 Å². The Bertz CT molecular complexity index is 1340. The minimum Gasteiger partial charge on any atom is -0.497 e. The number of methoxy groups -OCH3 is 1. The van der Waals surface area contributed by atoms with Gasteiger partial charge in [-0.3, -0.25) is 4.79 Å². The lowest BCUT2D eigenvalue weighted by Gasteiger charge is -2.29. The van der Waals surface area contributed by atoms with Crippen molar-refractivity contribution in [2.75, 3.05) is 20.2 Å². The molecule has 4 rings (SSSR count). The molecule has 32 heavy (non-hydrogen) atoms. The number of benzene rings is 2. The summed E-state index contributed by atoms with van der Waals surface area (Å²) in [6.45, 7) is 2.52. The van der Waals surface area contributed by atoms with Crippen LogP contribution in [-0.2, 0) is 21.9 Å². The third kappa shape index (κ3) is 4.22. The summed E-state index contributed by atoms with van der Waals surface area (Å²) in [7, 11) is -0.200. The molecule has 1 aromatic heterocycles. The van der Waals surface area contributed by atoms with Gasteiger partial charge in [0, 0.05) is 31.1 Å². The number of carbonyl (C=O) groups is 1. The molecule has 1 aliphatic heterocycles. The van der Waals surface area contributed by atoms with Crippen molar-refractivity contribution in [1.29, 1.82) is 0 Å². The smallest absolute Gasteiger partial charge is 0.251 e. The molecule has 2 heterocycles. The van der Waals surface area contributed by atoms with E-state index in [-0.39, 0.29) is 29.8 Å². The molecule has 1 aliphatic rings. The quantitative estimate of drug-likeness (QED) is 0.554. The summed E-state index contributed by atoms with van der Waals surface area (Å²) >= 11 is 7.68. The number of nitrogens with zero attached hydrogens (tertiary/aromatic N) is 3. The standard InChI is InChI=1S/C22H24ClN3O4S2/c1-14-18(23)8-9-19-20(14)25(2)22(31-19)24-21(27)15-10-12-26(13-11-15)32(28,29)17-6-4-16(30-3)5-7-17/h4-9,15H,10-13H2,1-3H3. The van der Waals surface area contributed by atoms with Crippen molar-refractivity contribution in [3.63, 3.8) is 0 Å². The molecule has 0 aliphatic carbocycles. The molecule has 0 atom stereocenters. The van der Waals surface area contributed by atoms with Crippen molar-refractivity contribution in [3.05, 3.63) is 51.8 Å². The van der Waals surface area contributed by atoms with E-state index in [0.29, 0.717) is 28.4 Å². The zero-order valence-corrected chi connectivity index (χ0v) is 20.4. The molecule has 1 saturated heterocycles. The van der Waals surface area contributed by atoms with Gasteiger partial charge in [-0.2, -0.15) is 9.30 Å². The van der Waals surface area contributed by atoms with Gasteiger partial charge in [0.2, 0.25) is 10.0 Å². The van der Waals surface area contributed by atoms with Crippen LogP contribution in [0.1, 0.15) is 18.4 Å². The van der Waals surface area contributed by atoms with Gasteiger partial charge in [0.25, 0.3) is 5.91 Å². The Hall–Kier alpha value is -2.20. The number of fused-ring (bicyclic) bond motifs is 1. The lowest BCUT2D eigenvalue weighted by atomic mass is 9.98. The third-order valence-electron chi connectivity index (χ3n) is 5.86. The fourth-order valence-corrected chi connectivity index (χ4v) is 6.64. The van der Waals surface area contributed by atoms with E-state index in [1.54, 1.807) is 12.1 Å². The maximum absolute atomic E-state index is 12.9. The number of hydrogen-bond acceptors (Lipinski definition) is 5. The number of aromatic nitrogens is 1. The van der Waals surface area contributed by atoms with E-state index in [1.165, 1.54) is 34.9 Å². The second-order valence-corrected chi connectivity index (χ2v) is 11.1. The zero-order valence-electron chi connectivity index (χ0n) is 18.0. The predicted molar refractivity (Wildman–Crippen MR) is 126 cm³/mol. The maximum Gasteiger partial charge on any atom is 0.251 e. The van der Waals surface area contributed by atoms with Gasteiger partial charge in [-0.1, -0.05) is 22.9 Å². The van der Waals surface area contributed by atoms with Crippen LogP contribution in [0.15, 0.2) is 46.3 Å². The van der Waals surface area contributed by atoms with E-state index in [0.717, 1.165) is 15.8 Å². The van der Waals surface area contributed by atoms with Gasteiger partial charge in [-0.25, -0.2) is 8.42 Å². The number of ether oxygens (including phenoxy) is 1. The predicted octanol–water partition coefficient (Wildman–Crippen LogP) is 3.74. The van der Waals surface area contributed by atoms with Gasteiger partial charge in [-0.15, -0.1) is 0 Å².